The van der Waals surface area contributed by atoms with Crippen molar-refractivity contribution in [1.29, 1.82) is 0 Å². The number of piperidine rings is 1. The van der Waals surface area contributed by atoms with Crippen molar-refractivity contribution < 1.29 is 13.6 Å². The molecule has 3 nitrogen and oxygen atoms in total. The lowest BCUT2D eigenvalue weighted by Crippen LogP contribution is -2.45. The van der Waals surface area contributed by atoms with Gasteiger partial charge in [0.2, 0.25) is 5.91 Å². The van der Waals surface area contributed by atoms with Crippen LogP contribution in [0, 0.1) is 11.6 Å². The summed E-state index contributed by atoms with van der Waals surface area (Å²) < 4.78 is 26.7. The van der Waals surface area contributed by atoms with Crippen LogP contribution in [-0.2, 0) is 4.79 Å². The van der Waals surface area contributed by atoms with Crippen LogP contribution in [0.5, 0.6) is 0 Å². The monoisotopic (exact) mass is 418 g/mol. The van der Waals surface area contributed by atoms with Crippen molar-refractivity contribution in [2.75, 3.05) is 25.4 Å². The highest BCUT2D eigenvalue weighted by Crippen LogP contribution is 2.35. The first-order chi connectivity index (χ1) is 14.0. The highest BCUT2D eigenvalue weighted by molar-refractivity contribution is 8.00. The Bertz CT molecular complexity index is 729. The molecular weight excluding hydrogens is 390 g/mol. The second kappa shape index (κ2) is 10.7. The Labute approximate surface area is 175 Å². The maximum Gasteiger partial charge on any atom is 0.230 e. The minimum atomic E-state index is -0.302. The number of hydrogen-bond acceptors (Lipinski definition) is 3. The van der Waals surface area contributed by atoms with Gasteiger partial charge in [-0.25, -0.2) is 8.78 Å². The van der Waals surface area contributed by atoms with Crippen LogP contribution in [0.25, 0.3) is 0 Å². The fourth-order valence-electron chi connectivity index (χ4n) is 3.71. The molecule has 1 N–H and O–H groups in total. The highest BCUT2D eigenvalue weighted by Gasteiger charge is 2.22. The maximum atomic E-state index is 13.3. The molecule has 1 amide bonds. The third-order valence-corrected chi connectivity index (χ3v) is 6.53. The maximum absolute atomic E-state index is 13.3. The van der Waals surface area contributed by atoms with Crippen LogP contribution in [0.4, 0.5) is 8.78 Å². The van der Waals surface area contributed by atoms with Gasteiger partial charge < -0.3 is 10.2 Å². The van der Waals surface area contributed by atoms with Gasteiger partial charge >= 0.3 is 0 Å². The second-order valence-corrected chi connectivity index (χ2v) is 8.57. The van der Waals surface area contributed by atoms with Crippen LogP contribution in [-0.4, -0.2) is 42.2 Å². The van der Waals surface area contributed by atoms with Crippen LogP contribution in [0.2, 0.25) is 0 Å². The topological polar surface area (TPSA) is 32.3 Å². The van der Waals surface area contributed by atoms with Gasteiger partial charge in [-0.15, -0.1) is 11.8 Å². The van der Waals surface area contributed by atoms with Crippen molar-refractivity contribution in [3.63, 3.8) is 0 Å². The number of nitrogens with one attached hydrogen (secondary N) is 1. The number of benzene rings is 2. The summed E-state index contributed by atoms with van der Waals surface area (Å²) in [6, 6.07) is 12.8. The number of nitrogens with zero attached hydrogens (tertiary/aromatic N) is 1. The Hall–Kier alpha value is -1.92. The Kier molecular flexibility index (Phi) is 8.07. The fourth-order valence-corrected chi connectivity index (χ4v) is 4.81. The Balaban J connectivity index is 1.59. The number of rotatable bonds is 8. The molecule has 156 valence electrons. The number of carbonyl (C=O) groups is 1. The first-order valence-corrected chi connectivity index (χ1v) is 11.2. The van der Waals surface area contributed by atoms with Crippen molar-refractivity contribution in [2.24, 2.45) is 0 Å². The van der Waals surface area contributed by atoms with Gasteiger partial charge in [0.1, 0.15) is 11.6 Å². The number of hydrogen-bond donors (Lipinski definition) is 1. The number of likely N-dealkylation sites (tertiary alicyclic amines) is 1. The van der Waals surface area contributed by atoms with E-state index in [1.807, 2.05) is 0 Å². The van der Waals surface area contributed by atoms with E-state index in [9.17, 15) is 13.6 Å². The second-order valence-electron chi connectivity index (χ2n) is 7.48. The molecule has 0 unspecified atom stereocenters. The van der Waals surface area contributed by atoms with Gasteiger partial charge in [-0.05, 0) is 61.2 Å². The molecule has 0 atom stereocenters. The summed E-state index contributed by atoms with van der Waals surface area (Å²) in [4.78, 5) is 15.0. The molecule has 0 aliphatic carbocycles. The van der Waals surface area contributed by atoms with Crippen LogP contribution in [0.15, 0.2) is 48.5 Å². The van der Waals surface area contributed by atoms with Gasteiger partial charge in [0, 0.05) is 19.1 Å². The fraction of sp³-hybridized carbons (Fsp3) is 0.435. The van der Waals surface area contributed by atoms with Gasteiger partial charge in [0.05, 0.1) is 11.0 Å². The summed E-state index contributed by atoms with van der Waals surface area (Å²) >= 11 is 1.48. The first-order valence-electron chi connectivity index (χ1n) is 10.2. The molecule has 0 spiro atoms. The zero-order chi connectivity index (χ0) is 20.6. The third kappa shape index (κ3) is 6.54. The summed E-state index contributed by atoms with van der Waals surface area (Å²) in [5.74, 6) is -0.292. The molecule has 1 heterocycles. The van der Waals surface area contributed by atoms with E-state index >= 15 is 0 Å². The van der Waals surface area contributed by atoms with Crippen molar-refractivity contribution in [3.8, 4) is 0 Å². The van der Waals surface area contributed by atoms with Crippen LogP contribution in [0.1, 0.15) is 42.6 Å². The molecule has 1 aliphatic rings. The number of carbonyl (C=O) groups excluding carboxylic acids is 1. The van der Waals surface area contributed by atoms with Crippen LogP contribution < -0.4 is 5.32 Å². The van der Waals surface area contributed by atoms with E-state index in [0.29, 0.717) is 5.75 Å². The van der Waals surface area contributed by atoms with E-state index in [-0.39, 0.29) is 28.8 Å². The quantitative estimate of drug-likeness (QED) is 0.670. The zero-order valence-corrected chi connectivity index (χ0v) is 17.6. The molecule has 1 saturated heterocycles. The molecule has 29 heavy (non-hydrogen) atoms. The Morgan fingerprint density at radius 2 is 1.55 bits per heavy atom. The van der Waals surface area contributed by atoms with Gasteiger partial charge in [-0.1, -0.05) is 31.2 Å². The molecule has 2 aromatic rings. The number of amides is 1. The standard InChI is InChI=1S/C23H28F2N2OS/c1-2-13-27-14-11-21(12-15-27)26-22(28)16-29-23(17-3-7-19(24)8-4-17)18-5-9-20(25)10-6-18/h3-10,21,23H,2,11-16H2,1H3,(H,26,28). The van der Waals surface area contributed by atoms with Crippen LogP contribution >= 0.6 is 11.8 Å². The summed E-state index contributed by atoms with van der Waals surface area (Å²) in [7, 11) is 0. The Morgan fingerprint density at radius 3 is 2.03 bits per heavy atom. The average molecular weight is 419 g/mol. The molecule has 0 saturated carbocycles. The lowest BCUT2D eigenvalue weighted by Gasteiger charge is -2.32. The minimum Gasteiger partial charge on any atom is -0.353 e. The predicted octanol–water partition coefficient (Wildman–Crippen LogP) is 4.78. The summed E-state index contributed by atoms with van der Waals surface area (Å²) in [5, 5.41) is 2.99. The molecular formula is C23H28F2N2OS. The van der Waals surface area contributed by atoms with Crippen molar-refractivity contribution in [3.05, 3.63) is 71.3 Å². The van der Waals surface area contributed by atoms with Gasteiger partial charge in [0.15, 0.2) is 0 Å². The predicted molar refractivity (Wildman–Crippen MR) is 115 cm³/mol. The largest absolute Gasteiger partial charge is 0.353 e. The van der Waals surface area contributed by atoms with Crippen molar-refractivity contribution in [1.82, 2.24) is 10.2 Å². The third-order valence-electron chi connectivity index (χ3n) is 5.22. The van der Waals surface area contributed by atoms with E-state index in [4.69, 9.17) is 0 Å². The van der Waals surface area contributed by atoms with Crippen molar-refractivity contribution >= 4 is 17.7 Å². The lowest BCUT2D eigenvalue weighted by atomic mass is 10.0. The SMILES string of the molecule is CCCN1CCC(NC(=O)CSC(c2ccc(F)cc2)c2ccc(F)cc2)CC1. The van der Waals surface area contributed by atoms with Gasteiger partial charge in [-0.3, -0.25) is 4.79 Å². The molecule has 2 aromatic carbocycles. The summed E-state index contributed by atoms with van der Waals surface area (Å²) in [6.07, 6.45) is 3.12. The normalized spacial score (nSPS) is 15.6. The lowest BCUT2D eigenvalue weighted by molar-refractivity contribution is -0.119. The molecule has 1 fully saturated rings. The summed E-state index contributed by atoms with van der Waals surface area (Å²) in [5.41, 5.74) is 1.78. The van der Waals surface area contributed by atoms with E-state index < -0.39 is 0 Å². The van der Waals surface area contributed by atoms with E-state index in [2.05, 4.69) is 17.1 Å². The van der Waals surface area contributed by atoms with E-state index in [0.717, 1.165) is 50.0 Å². The van der Waals surface area contributed by atoms with Gasteiger partial charge in [0.25, 0.3) is 0 Å². The highest BCUT2D eigenvalue weighted by atomic mass is 32.2. The van der Waals surface area contributed by atoms with E-state index in [1.165, 1.54) is 36.0 Å². The molecule has 0 aromatic heterocycles. The molecule has 0 radical (unpaired) electrons. The molecule has 6 heteroatoms. The van der Waals surface area contributed by atoms with Crippen molar-refractivity contribution in [2.45, 2.75) is 37.5 Å². The minimum absolute atomic E-state index is 0.0122. The first kappa shape index (κ1) is 21.8. The number of halogens is 2. The van der Waals surface area contributed by atoms with Gasteiger partial charge in [-0.2, -0.15) is 0 Å². The van der Waals surface area contributed by atoms with E-state index in [1.54, 1.807) is 24.3 Å². The average Bonchev–Trinajstić information content (AvgIpc) is 2.72. The molecule has 1 aliphatic heterocycles. The summed E-state index contributed by atoms with van der Waals surface area (Å²) in [6.45, 7) is 5.36. The van der Waals surface area contributed by atoms with Crippen LogP contribution in [0.3, 0.4) is 0 Å². The molecule has 0 bridgehead atoms. The zero-order valence-electron chi connectivity index (χ0n) is 16.7. The Morgan fingerprint density at radius 1 is 1.03 bits per heavy atom. The number of thioether (sulfide) groups is 1. The smallest absolute Gasteiger partial charge is 0.230 e. The molecule has 3 rings (SSSR count).